The lowest BCUT2D eigenvalue weighted by Gasteiger charge is -2.10. The summed E-state index contributed by atoms with van der Waals surface area (Å²) in [6.07, 6.45) is 3.19. The predicted octanol–water partition coefficient (Wildman–Crippen LogP) is 2.44. The van der Waals surface area contributed by atoms with Crippen molar-refractivity contribution in [2.24, 2.45) is 5.73 Å². The van der Waals surface area contributed by atoms with Crippen LogP contribution < -0.4 is 11.1 Å². The van der Waals surface area contributed by atoms with Crippen molar-refractivity contribution in [1.29, 1.82) is 0 Å². The number of anilines is 2. The molecule has 4 nitrogen and oxygen atoms in total. The van der Waals surface area contributed by atoms with Gasteiger partial charge in [-0.3, -0.25) is 0 Å². The van der Waals surface area contributed by atoms with E-state index in [0.717, 1.165) is 21.5 Å². The van der Waals surface area contributed by atoms with Gasteiger partial charge >= 0.3 is 0 Å². The van der Waals surface area contributed by atoms with E-state index in [1.807, 2.05) is 24.3 Å². The topological polar surface area (TPSA) is 63.8 Å². The standard InChI is InChI=1S/C11H11BrN4/c12-9-6-14-7-15-11(9)16-10-4-2-1-3-8(10)5-13/h1-4,6-7H,5,13H2,(H,14,15,16). The molecule has 0 bridgehead atoms. The number of nitrogens with zero attached hydrogens (tertiary/aromatic N) is 2. The lowest BCUT2D eigenvalue weighted by molar-refractivity contribution is 1.07. The van der Waals surface area contributed by atoms with E-state index in [2.05, 4.69) is 31.2 Å². The van der Waals surface area contributed by atoms with Crippen LogP contribution in [-0.4, -0.2) is 9.97 Å². The molecule has 2 aromatic rings. The summed E-state index contributed by atoms with van der Waals surface area (Å²) in [7, 11) is 0. The fraction of sp³-hybridized carbons (Fsp3) is 0.0909. The van der Waals surface area contributed by atoms with Crippen molar-refractivity contribution in [3.63, 3.8) is 0 Å². The summed E-state index contributed by atoms with van der Waals surface area (Å²) in [5.41, 5.74) is 7.67. The smallest absolute Gasteiger partial charge is 0.148 e. The number of para-hydroxylation sites is 1. The third-order valence-electron chi connectivity index (χ3n) is 2.16. The van der Waals surface area contributed by atoms with Crippen molar-refractivity contribution >= 4 is 27.4 Å². The Morgan fingerprint density at radius 3 is 2.88 bits per heavy atom. The van der Waals surface area contributed by atoms with Gasteiger partial charge in [0.25, 0.3) is 0 Å². The normalized spacial score (nSPS) is 10.1. The zero-order valence-electron chi connectivity index (χ0n) is 8.52. The van der Waals surface area contributed by atoms with Crippen molar-refractivity contribution in [3.05, 3.63) is 46.8 Å². The predicted molar refractivity (Wildman–Crippen MR) is 67.3 cm³/mol. The number of halogens is 1. The molecule has 0 saturated carbocycles. The van der Waals surface area contributed by atoms with Gasteiger partial charge in [-0.25, -0.2) is 9.97 Å². The minimum Gasteiger partial charge on any atom is -0.339 e. The Hall–Kier alpha value is -1.46. The van der Waals surface area contributed by atoms with Crippen LogP contribution in [0.5, 0.6) is 0 Å². The van der Waals surface area contributed by atoms with Crippen molar-refractivity contribution < 1.29 is 0 Å². The van der Waals surface area contributed by atoms with E-state index in [4.69, 9.17) is 5.73 Å². The number of nitrogens with two attached hydrogens (primary N) is 1. The van der Waals surface area contributed by atoms with E-state index in [9.17, 15) is 0 Å². The summed E-state index contributed by atoms with van der Waals surface area (Å²) >= 11 is 3.38. The second kappa shape index (κ2) is 5.05. The fourth-order valence-corrected chi connectivity index (χ4v) is 1.67. The molecule has 0 aliphatic carbocycles. The molecule has 0 aliphatic rings. The molecule has 0 atom stereocenters. The zero-order valence-corrected chi connectivity index (χ0v) is 10.1. The molecular formula is C11H11BrN4. The Bertz CT molecular complexity index is 487. The maximum Gasteiger partial charge on any atom is 0.148 e. The van der Waals surface area contributed by atoms with Crippen molar-refractivity contribution in [2.75, 3.05) is 5.32 Å². The Morgan fingerprint density at radius 1 is 1.31 bits per heavy atom. The first-order valence-electron chi connectivity index (χ1n) is 4.82. The van der Waals surface area contributed by atoms with Crippen LogP contribution in [0.25, 0.3) is 0 Å². The summed E-state index contributed by atoms with van der Waals surface area (Å²) in [5.74, 6) is 0.732. The van der Waals surface area contributed by atoms with Gasteiger partial charge in [0, 0.05) is 18.4 Å². The third kappa shape index (κ3) is 2.37. The lowest BCUT2D eigenvalue weighted by Crippen LogP contribution is -2.03. The summed E-state index contributed by atoms with van der Waals surface area (Å²) in [6.45, 7) is 0.492. The van der Waals surface area contributed by atoms with Crippen LogP contribution in [0.2, 0.25) is 0 Å². The average molecular weight is 279 g/mol. The quantitative estimate of drug-likeness (QED) is 0.905. The molecule has 0 spiro atoms. The molecule has 0 aliphatic heterocycles. The van der Waals surface area contributed by atoms with Gasteiger partial charge < -0.3 is 11.1 Å². The van der Waals surface area contributed by atoms with Crippen molar-refractivity contribution in [2.45, 2.75) is 6.54 Å². The second-order valence-electron chi connectivity index (χ2n) is 3.21. The van der Waals surface area contributed by atoms with Gasteiger partial charge in [0.2, 0.25) is 0 Å². The van der Waals surface area contributed by atoms with Gasteiger partial charge in [-0.2, -0.15) is 0 Å². The van der Waals surface area contributed by atoms with Gasteiger partial charge in [0.05, 0.1) is 4.47 Å². The van der Waals surface area contributed by atoms with E-state index in [-0.39, 0.29) is 0 Å². The van der Waals surface area contributed by atoms with Gasteiger partial charge in [0.1, 0.15) is 12.1 Å². The highest BCUT2D eigenvalue weighted by Crippen LogP contribution is 2.24. The molecule has 1 aromatic heterocycles. The molecule has 1 heterocycles. The van der Waals surface area contributed by atoms with E-state index >= 15 is 0 Å². The first-order chi connectivity index (χ1) is 7.81. The number of nitrogens with one attached hydrogen (secondary N) is 1. The molecule has 2 rings (SSSR count). The lowest BCUT2D eigenvalue weighted by atomic mass is 10.2. The molecule has 16 heavy (non-hydrogen) atoms. The number of hydrogen-bond acceptors (Lipinski definition) is 4. The summed E-state index contributed by atoms with van der Waals surface area (Å²) < 4.78 is 0.821. The van der Waals surface area contributed by atoms with Crippen molar-refractivity contribution in [3.8, 4) is 0 Å². The molecular weight excluding hydrogens is 268 g/mol. The molecule has 0 amide bonds. The molecule has 5 heteroatoms. The Balaban J connectivity index is 2.30. The van der Waals surface area contributed by atoms with Gasteiger partial charge in [0.15, 0.2) is 0 Å². The largest absolute Gasteiger partial charge is 0.339 e. The summed E-state index contributed by atoms with van der Waals surface area (Å²) in [6, 6.07) is 7.87. The third-order valence-corrected chi connectivity index (χ3v) is 2.74. The van der Waals surface area contributed by atoms with Gasteiger partial charge in [-0.15, -0.1) is 0 Å². The minimum atomic E-state index is 0.492. The van der Waals surface area contributed by atoms with Crippen LogP contribution in [0.1, 0.15) is 5.56 Å². The molecule has 0 radical (unpaired) electrons. The fourth-order valence-electron chi connectivity index (χ4n) is 1.35. The summed E-state index contributed by atoms with van der Waals surface area (Å²) in [5, 5.41) is 3.21. The van der Waals surface area contributed by atoms with Crippen LogP contribution in [0.3, 0.4) is 0 Å². The Morgan fingerprint density at radius 2 is 2.12 bits per heavy atom. The maximum absolute atomic E-state index is 5.66. The molecule has 1 aromatic carbocycles. The van der Waals surface area contributed by atoms with Crippen LogP contribution >= 0.6 is 15.9 Å². The number of rotatable bonds is 3. The van der Waals surface area contributed by atoms with Crippen LogP contribution in [-0.2, 0) is 6.54 Å². The number of hydrogen-bond donors (Lipinski definition) is 2. The SMILES string of the molecule is NCc1ccccc1Nc1ncncc1Br. The first-order valence-corrected chi connectivity index (χ1v) is 5.61. The molecule has 3 N–H and O–H groups in total. The number of benzene rings is 1. The van der Waals surface area contributed by atoms with E-state index < -0.39 is 0 Å². The monoisotopic (exact) mass is 278 g/mol. The maximum atomic E-state index is 5.66. The Kier molecular flexibility index (Phi) is 3.48. The second-order valence-corrected chi connectivity index (χ2v) is 4.06. The van der Waals surface area contributed by atoms with E-state index in [0.29, 0.717) is 6.54 Å². The first kappa shape index (κ1) is 11.0. The zero-order chi connectivity index (χ0) is 11.4. The van der Waals surface area contributed by atoms with E-state index in [1.54, 1.807) is 6.20 Å². The number of aromatic nitrogens is 2. The van der Waals surface area contributed by atoms with Gasteiger partial charge in [-0.1, -0.05) is 18.2 Å². The molecule has 82 valence electrons. The highest BCUT2D eigenvalue weighted by molar-refractivity contribution is 9.10. The van der Waals surface area contributed by atoms with Gasteiger partial charge in [-0.05, 0) is 27.6 Å². The average Bonchev–Trinajstić information content (AvgIpc) is 2.33. The molecule has 0 unspecified atom stereocenters. The van der Waals surface area contributed by atoms with E-state index in [1.165, 1.54) is 6.33 Å². The van der Waals surface area contributed by atoms with Crippen LogP contribution in [0, 0.1) is 0 Å². The highest BCUT2D eigenvalue weighted by Gasteiger charge is 2.04. The Labute approximate surface area is 102 Å². The molecule has 0 saturated heterocycles. The van der Waals surface area contributed by atoms with Crippen LogP contribution in [0.4, 0.5) is 11.5 Å². The minimum absolute atomic E-state index is 0.492. The summed E-state index contributed by atoms with van der Waals surface area (Å²) in [4.78, 5) is 8.05. The van der Waals surface area contributed by atoms with Crippen molar-refractivity contribution in [1.82, 2.24) is 9.97 Å². The van der Waals surface area contributed by atoms with Crippen LogP contribution in [0.15, 0.2) is 41.3 Å². The highest BCUT2D eigenvalue weighted by atomic mass is 79.9. The molecule has 0 fully saturated rings.